The standard InChI is InChI=1S/C13H20N2O3/c1-8-4-12(10(3)17-8)13(16)15-6-9(2)18-11(5-14)7-15/h4,9,11H,5-7,14H2,1-3H3. The number of carbonyl (C=O) groups is 1. The average molecular weight is 252 g/mol. The molecule has 0 aliphatic carbocycles. The lowest BCUT2D eigenvalue weighted by Gasteiger charge is -2.36. The molecule has 5 nitrogen and oxygen atoms in total. The van der Waals surface area contributed by atoms with E-state index in [9.17, 15) is 4.79 Å². The van der Waals surface area contributed by atoms with Gasteiger partial charge in [-0.3, -0.25) is 4.79 Å². The highest BCUT2D eigenvalue weighted by Crippen LogP contribution is 2.19. The van der Waals surface area contributed by atoms with Gasteiger partial charge in [-0.25, -0.2) is 0 Å². The zero-order chi connectivity index (χ0) is 13.3. The van der Waals surface area contributed by atoms with Crippen LogP contribution in [0.2, 0.25) is 0 Å². The van der Waals surface area contributed by atoms with Gasteiger partial charge in [0.25, 0.3) is 5.91 Å². The number of morpholine rings is 1. The van der Waals surface area contributed by atoms with Crippen LogP contribution in [0.5, 0.6) is 0 Å². The highest BCUT2D eigenvalue weighted by atomic mass is 16.5. The number of carbonyl (C=O) groups excluding carboxylic acids is 1. The summed E-state index contributed by atoms with van der Waals surface area (Å²) in [6.45, 7) is 7.17. The Morgan fingerprint density at radius 3 is 2.78 bits per heavy atom. The van der Waals surface area contributed by atoms with Crippen LogP contribution in [0.4, 0.5) is 0 Å². The molecule has 18 heavy (non-hydrogen) atoms. The molecule has 1 aliphatic heterocycles. The molecule has 2 heterocycles. The third kappa shape index (κ3) is 2.57. The van der Waals surface area contributed by atoms with Gasteiger partial charge in [-0.15, -0.1) is 0 Å². The monoisotopic (exact) mass is 252 g/mol. The predicted octanol–water partition coefficient (Wildman–Crippen LogP) is 1.08. The molecule has 0 aromatic carbocycles. The second-order valence-corrected chi connectivity index (χ2v) is 4.84. The first-order chi connectivity index (χ1) is 8.51. The number of rotatable bonds is 2. The minimum Gasteiger partial charge on any atom is -0.466 e. The van der Waals surface area contributed by atoms with Gasteiger partial charge in [0.05, 0.1) is 17.8 Å². The summed E-state index contributed by atoms with van der Waals surface area (Å²) in [6, 6.07) is 1.79. The molecular weight excluding hydrogens is 232 g/mol. The van der Waals surface area contributed by atoms with E-state index in [-0.39, 0.29) is 18.1 Å². The van der Waals surface area contributed by atoms with E-state index in [0.717, 1.165) is 5.76 Å². The molecule has 1 amide bonds. The van der Waals surface area contributed by atoms with Gasteiger partial charge < -0.3 is 19.8 Å². The van der Waals surface area contributed by atoms with Gasteiger partial charge in [0, 0.05) is 19.6 Å². The fraction of sp³-hybridized carbons (Fsp3) is 0.615. The lowest BCUT2D eigenvalue weighted by molar-refractivity contribution is -0.0626. The third-order valence-electron chi connectivity index (χ3n) is 3.15. The molecular formula is C13H20N2O3. The predicted molar refractivity (Wildman–Crippen MR) is 67.5 cm³/mol. The first-order valence-electron chi connectivity index (χ1n) is 6.23. The summed E-state index contributed by atoms with van der Waals surface area (Å²) in [7, 11) is 0. The summed E-state index contributed by atoms with van der Waals surface area (Å²) >= 11 is 0. The van der Waals surface area contributed by atoms with Crippen molar-refractivity contribution in [2.24, 2.45) is 5.73 Å². The molecule has 1 aromatic heterocycles. The van der Waals surface area contributed by atoms with E-state index in [1.165, 1.54) is 0 Å². The van der Waals surface area contributed by atoms with Crippen LogP contribution in [0.25, 0.3) is 0 Å². The molecule has 0 bridgehead atoms. The summed E-state index contributed by atoms with van der Waals surface area (Å²) in [5.41, 5.74) is 6.26. The largest absolute Gasteiger partial charge is 0.466 e. The molecule has 1 aliphatic rings. The molecule has 2 rings (SSSR count). The SMILES string of the molecule is Cc1cc(C(=O)N2CC(C)OC(CN)C2)c(C)o1. The number of ether oxygens (including phenoxy) is 1. The third-order valence-corrected chi connectivity index (χ3v) is 3.15. The summed E-state index contributed by atoms with van der Waals surface area (Å²) in [4.78, 5) is 14.2. The maximum Gasteiger partial charge on any atom is 0.257 e. The Morgan fingerprint density at radius 1 is 1.50 bits per heavy atom. The van der Waals surface area contributed by atoms with Crippen LogP contribution in [-0.4, -0.2) is 42.6 Å². The molecule has 0 spiro atoms. The van der Waals surface area contributed by atoms with Gasteiger partial charge in [0.15, 0.2) is 0 Å². The average Bonchev–Trinajstić information content (AvgIpc) is 2.66. The van der Waals surface area contributed by atoms with E-state index >= 15 is 0 Å². The normalized spacial score (nSPS) is 24.3. The minimum absolute atomic E-state index is 0.00190. The van der Waals surface area contributed by atoms with E-state index in [1.807, 2.05) is 20.8 Å². The molecule has 1 aromatic rings. The van der Waals surface area contributed by atoms with Crippen molar-refractivity contribution < 1.29 is 13.9 Å². The van der Waals surface area contributed by atoms with Crippen molar-refractivity contribution in [3.63, 3.8) is 0 Å². The van der Waals surface area contributed by atoms with Crippen molar-refractivity contribution in [3.05, 3.63) is 23.2 Å². The van der Waals surface area contributed by atoms with Crippen LogP contribution in [-0.2, 0) is 4.74 Å². The summed E-state index contributed by atoms with van der Waals surface area (Å²) in [6.07, 6.45) is -0.0597. The van der Waals surface area contributed by atoms with Crippen molar-refractivity contribution in [3.8, 4) is 0 Å². The second kappa shape index (κ2) is 5.12. The van der Waals surface area contributed by atoms with Crippen molar-refractivity contribution in [1.29, 1.82) is 0 Å². The van der Waals surface area contributed by atoms with E-state index in [2.05, 4.69) is 0 Å². The van der Waals surface area contributed by atoms with Crippen molar-refractivity contribution in [2.45, 2.75) is 33.0 Å². The smallest absolute Gasteiger partial charge is 0.257 e. The van der Waals surface area contributed by atoms with Gasteiger partial charge in [-0.1, -0.05) is 0 Å². The molecule has 1 saturated heterocycles. The minimum atomic E-state index is -0.0778. The van der Waals surface area contributed by atoms with Crippen molar-refractivity contribution >= 4 is 5.91 Å². The Balaban J connectivity index is 2.15. The van der Waals surface area contributed by atoms with E-state index < -0.39 is 0 Å². The van der Waals surface area contributed by atoms with Crippen LogP contribution >= 0.6 is 0 Å². The first kappa shape index (κ1) is 13.1. The number of amides is 1. The number of hydrogen-bond acceptors (Lipinski definition) is 4. The molecule has 0 saturated carbocycles. The molecule has 2 atom stereocenters. The van der Waals surface area contributed by atoms with Crippen LogP contribution < -0.4 is 5.73 Å². The Hall–Kier alpha value is -1.33. The van der Waals surface area contributed by atoms with Crippen LogP contribution in [0.15, 0.2) is 10.5 Å². The highest BCUT2D eigenvalue weighted by Gasteiger charge is 2.29. The maximum atomic E-state index is 12.4. The van der Waals surface area contributed by atoms with E-state index in [1.54, 1.807) is 11.0 Å². The molecule has 100 valence electrons. The second-order valence-electron chi connectivity index (χ2n) is 4.84. The number of hydrogen-bond donors (Lipinski definition) is 1. The topological polar surface area (TPSA) is 68.7 Å². The van der Waals surface area contributed by atoms with Gasteiger partial charge in [0.1, 0.15) is 11.5 Å². The number of furan rings is 1. The lowest BCUT2D eigenvalue weighted by atomic mass is 10.1. The van der Waals surface area contributed by atoms with Gasteiger partial charge in [0.2, 0.25) is 0 Å². The maximum absolute atomic E-state index is 12.4. The lowest BCUT2D eigenvalue weighted by Crippen LogP contribution is -2.51. The van der Waals surface area contributed by atoms with Crippen molar-refractivity contribution in [2.75, 3.05) is 19.6 Å². The molecule has 5 heteroatoms. The quantitative estimate of drug-likeness (QED) is 0.855. The van der Waals surface area contributed by atoms with Gasteiger partial charge in [-0.2, -0.15) is 0 Å². The van der Waals surface area contributed by atoms with E-state index in [0.29, 0.717) is 31.0 Å². The zero-order valence-electron chi connectivity index (χ0n) is 11.1. The summed E-state index contributed by atoms with van der Waals surface area (Å²) in [5, 5.41) is 0. The highest BCUT2D eigenvalue weighted by molar-refractivity contribution is 5.95. The Bertz CT molecular complexity index is 441. The number of nitrogens with zero attached hydrogens (tertiary/aromatic N) is 1. The Morgan fingerprint density at radius 2 is 2.22 bits per heavy atom. The molecule has 2 N–H and O–H groups in total. The molecule has 1 fully saturated rings. The number of nitrogens with two attached hydrogens (primary N) is 1. The summed E-state index contributed by atoms with van der Waals surface area (Å²) in [5.74, 6) is 1.42. The molecule has 0 radical (unpaired) electrons. The van der Waals surface area contributed by atoms with Gasteiger partial charge in [-0.05, 0) is 26.8 Å². The Labute approximate surface area is 107 Å². The van der Waals surface area contributed by atoms with Gasteiger partial charge >= 0.3 is 0 Å². The first-order valence-corrected chi connectivity index (χ1v) is 6.23. The number of aryl methyl sites for hydroxylation is 2. The zero-order valence-corrected chi connectivity index (χ0v) is 11.1. The van der Waals surface area contributed by atoms with Crippen molar-refractivity contribution in [1.82, 2.24) is 4.90 Å². The van der Waals surface area contributed by atoms with Crippen LogP contribution in [0.3, 0.4) is 0 Å². The van der Waals surface area contributed by atoms with Crippen LogP contribution in [0.1, 0.15) is 28.8 Å². The fourth-order valence-electron chi connectivity index (χ4n) is 2.35. The van der Waals surface area contributed by atoms with E-state index in [4.69, 9.17) is 14.9 Å². The summed E-state index contributed by atoms with van der Waals surface area (Å²) < 4.78 is 11.0. The fourth-order valence-corrected chi connectivity index (χ4v) is 2.35. The Kier molecular flexibility index (Phi) is 3.73. The molecule has 2 unspecified atom stereocenters. The van der Waals surface area contributed by atoms with Crippen LogP contribution in [0, 0.1) is 13.8 Å².